The first-order valence-electron chi connectivity index (χ1n) is 10.7. The molecule has 0 radical (unpaired) electrons. The molecule has 0 unspecified atom stereocenters. The van der Waals surface area contributed by atoms with Crippen LogP contribution in [0.4, 0.5) is 4.39 Å². The average molecular weight is 489 g/mol. The number of hydrogen-bond donors (Lipinski definition) is 0. The zero-order valence-corrected chi connectivity index (χ0v) is 20.9. The van der Waals surface area contributed by atoms with Crippen LogP contribution in [-0.2, 0) is 27.9 Å². The summed E-state index contributed by atoms with van der Waals surface area (Å²) < 4.78 is 41.3. The summed E-state index contributed by atoms with van der Waals surface area (Å²) in [6.07, 6.45) is 0. The molecular weight excluding hydrogens is 459 g/mol. The first kappa shape index (κ1) is 25.1. The first-order valence-corrected chi connectivity index (χ1v) is 13.0. The van der Waals surface area contributed by atoms with Crippen molar-refractivity contribution in [3.8, 4) is 0 Å². The molecule has 0 aliphatic rings. The van der Waals surface area contributed by atoms with Crippen molar-refractivity contribution in [1.29, 1.82) is 0 Å². The van der Waals surface area contributed by atoms with Crippen LogP contribution in [0.1, 0.15) is 35.4 Å². The van der Waals surface area contributed by atoms with E-state index in [1.807, 2.05) is 25.3 Å². The number of hydrogen-bond acceptors (Lipinski definition) is 4. The summed E-state index contributed by atoms with van der Waals surface area (Å²) in [5.74, 6) is -0.655. The number of carbonyl (C=O) groups excluding carboxylic acids is 1. The van der Waals surface area contributed by atoms with E-state index in [-0.39, 0.29) is 29.7 Å². The first-order chi connectivity index (χ1) is 15.6. The lowest BCUT2D eigenvalue weighted by Gasteiger charge is -2.29. The van der Waals surface area contributed by atoms with Gasteiger partial charge in [0.25, 0.3) is 0 Å². The van der Waals surface area contributed by atoms with Crippen LogP contribution < -0.4 is 0 Å². The van der Waals surface area contributed by atoms with E-state index in [1.54, 1.807) is 66.5 Å². The van der Waals surface area contributed by atoms with Crippen LogP contribution in [-0.4, -0.2) is 36.1 Å². The number of halogens is 1. The molecule has 1 amide bonds. The van der Waals surface area contributed by atoms with Crippen molar-refractivity contribution >= 4 is 27.3 Å². The van der Waals surface area contributed by atoms with E-state index in [0.717, 1.165) is 21.6 Å². The van der Waals surface area contributed by atoms with Gasteiger partial charge in [-0.1, -0.05) is 29.8 Å². The molecule has 0 aliphatic carbocycles. The monoisotopic (exact) mass is 488 g/mol. The Hall–Kier alpha value is -2.55. The lowest BCUT2D eigenvalue weighted by atomic mass is 10.2. The fourth-order valence-corrected chi connectivity index (χ4v) is 5.91. The van der Waals surface area contributed by atoms with Gasteiger partial charge in [0.2, 0.25) is 15.9 Å². The third kappa shape index (κ3) is 6.28. The van der Waals surface area contributed by atoms with Gasteiger partial charge in [-0.05, 0) is 74.5 Å². The Kier molecular flexibility index (Phi) is 8.05. The van der Waals surface area contributed by atoms with Crippen molar-refractivity contribution in [3.05, 3.63) is 87.4 Å². The standard InChI is InChI=1S/C25H29FN2O3S2/c1-18(2)28(33(30,31)23-11-5-19(3)6-12-23)17-25(29)27(16-24-20(4)13-14-32-24)15-21-7-9-22(26)10-8-21/h5-14,18H,15-17H2,1-4H3. The maximum absolute atomic E-state index is 13.4. The van der Waals surface area contributed by atoms with Crippen LogP contribution in [0.25, 0.3) is 0 Å². The molecule has 0 bridgehead atoms. The fraction of sp³-hybridized carbons (Fsp3) is 0.320. The van der Waals surface area contributed by atoms with Gasteiger partial charge in [-0.15, -0.1) is 11.3 Å². The highest BCUT2D eigenvalue weighted by molar-refractivity contribution is 7.89. The Morgan fingerprint density at radius 2 is 1.61 bits per heavy atom. The molecule has 1 heterocycles. The summed E-state index contributed by atoms with van der Waals surface area (Å²) in [6, 6.07) is 14.2. The second-order valence-electron chi connectivity index (χ2n) is 8.36. The van der Waals surface area contributed by atoms with Crippen LogP contribution in [0.5, 0.6) is 0 Å². The minimum atomic E-state index is -3.86. The largest absolute Gasteiger partial charge is 0.332 e. The molecule has 0 fully saturated rings. The molecule has 0 saturated heterocycles. The molecule has 3 rings (SSSR count). The van der Waals surface area contributed by atoms with E-state index in [9.17, 15) is 17.6 Å². The van der Waals surface area contributed by atoms with Crippen molar-refractivity contribution in [2.75, 3.05) is 6.54 Å². The predicted octanol–water partition coefficient (Wildman–Crippen LogP) is 5.13. The fourth-order valence-electron chi connectivity index (χ4n) is 3.41. The lowest BCUT2D eigenvalue weighted by molar-refractivity contribution is -0.132. The summed E-state index contributed by atoms with van der Waals surface area (Å²) in [4.78, 5) is 16.3. The van der Waals surface area contributed by atoms with E-state index in [2.05, 4.69) is 0 Å². The lowest BCUT2D eigenvalue weighted by Crippen LogP contribution is -2.45. The number of aryl methyl sites for hydroxylation is 2. The van der Waals surface area contributed by atoms with Crippen molar-refractivity contribution in [2.45, 2.75) is 51.7 Å². The summed E-state index contributed by atoms with van der Waals surface area (Å²) in [5, 5.41) is 1.97. The predicted molar refractivity (Wildman–Crippen MR) is 130 cm³/mol. The Labute approximate surface area is 199 Å². The molecule has 3 aromatic rings. The molecule has 0 spiro atoms. The van der Waals surface area contributed by atoms with E-state index in [0.29, 0.717) is 6.54 Å². The van der Waals surface area contributed by atoms with Crippen LogP contribution >= 0.6 is 11.3 Å². The van der Waals surface area contributed by atoms with Gasteiger partial charge in [0, 0.05) is 17.5 Å². The zero-order valence-electron chi connectivity index (χ0n) is 19.3. The molecule has 2 aromatic carbocycles. The van der Waals surface area contributed by atoms with Crippen LogP contribution in [0.3, 0.4) is 0 Å². The average Bonchev–Trinajstić information content (AvgIpc) is 3.17. The van der Waals surface area contributed by atoms with Crippen molar-refractivity contribution in [2.24, 2.45) is 0 Å². The van der Waals surface area contributed by atoms with Gasteiger partial charge in [-0.2, -0.15) is 4.31 Å². The van der Waals surface area contributed by atoms with Gasteiger partial charge >= 0.3 is 0 Å². The number of carbonyl (C=O) groups is 1. The summed E-state index contributed by atoms with van der Waals surface area (Å²) in [7, 11) is -3.86. The second-order valence-corrected chi connectivity index (χ2v) is 11.3. The van der Waals surface area contributed by atoms with E-state index in [4.69, 9.17) is 0 Å². The van der Waals surface area contributed by atoms with Crippen molar-refractivity contribution in [3.63, 3.8) is 0 Å². The van der Waals surface area contributed by atoms with Crippen molar-refractivity contribution in [1.82, 2.24) is 9.21 Å². The maximum atomic E-state index is 13.4. The van der Waals surface area contributed by atoms with Gasteiger partial charge in [-0.3, -0.25) is 4.79 Å². The normalized spacial score (nSPS) is 11.8. The third-order valence-corrected chi connectivity index (χ3v) is 8.48. The molecule has 0 N–H and O–H groups in total. The Bertz CT molecular complexity index is 1190. The summed E-state index contributed by atoms with van der Waals surface area (Å²) in [6.45, 7) is 7.72. The number of benzene rings is 2. The van der Waals surface area contributed by atoms with Crippen LogP contribution in [0.15, 0.2) is 64.9 Å². The highest BCUT2D eigenvalue weighted by Crippen LogP contribution is 2.22. The SMILES string of the molecule is Cc1ccc(S(=O)(=O)N(CC(=O)N(Cc2ccc(F)cc2)Cc2sccc2C)C(C)C)cc1. The number of rotatable bonds is 9. The Balaban J connectivity index is 1.88. The van der Waals surface area contributed by atoms with Gasteiger partial charge in [0.1, 0.15) is 5.82 Å². The number of amides is 1. The molecule has 176 valence electrons. The molecule has 1 aromatic heterocycles. The maximum Gasteiger partial charge on any atom is 0.243 e. The zero-order chi connectivity index (χ0) is 24.2. The van der Waals surface area contributed by atoms with Crippen LogP contribution in [0, 0.1) is 19.7 Å². The molecule has 0 atom stereocenters. The smallest absolute Gasteiger partial charge is 0.243 e. The minimum Gasteiger partial charge on any atom is -0.332 e. The third-order valence-electron chi connectivity index (χ3n) is 5.44. The van der Waals surface area contributed by atoms with E-state index in [1.165, 1.54) is 16.4 Å². The Morgan fingerprint density at radius 1 is 0.970 bits per heavy atom. The second kappa shape index (κ2) is 10.6. The van der Waals surface area contributed by atoms with Crippen LogP contribution in [0.2, 0.25) is 0 Å². The van der Waals surface area contributed by atoms with Gasteiger partial charge in [0.05, 0.1) is 18.0 Å². The van der Waals surface area contributed by atoms with Crippen molar-refractivity contribution < 1.29 is 17.6 Å². The highest BCUT2D eigenvalue weighted by atomic mass is 32.2. The van der Waals surface area contributed by atoms with E-state index >= 15 is 0 Å². The molecule has 0 saturated carbocycles. The molecular formula is C25H29FN2O3S2. The van der Waals surface area contributed by atoms with Gasteiger partial charge in [0.15, 0.2) is 0 Å². The highest BCUT2D eigenvalue weighted by Gasteiger charge is 2.31. The van der Waals surface area contributed by atoms with Gasteiger partial charge < -0.3 is 4.90 Å². The molecule has 8 heteroatoms. The molecule has 0 aliphatic heterocycles. The molecule has 33 heavy (non-hydrogen) atoms. The topological polar surface area (TPSA) is 57.7 Å². The number of sulfonamides is 1. The number of nitrogens with zero attached hydrogens (tertiary/aromatic N) is 2. The minimum absolute atomic E-state index is 0.161. The summed E-state index contributed by atoms with van der Waals surface area (Å²) >= 11 is 1.55. The molecule has 5 nitrogen and oxygen atoms in total. The Morgan fingerprint density at radius 3 is 2.15 bits per heavy atom. The number of thiophene rings is 1. The van der Waals surface area contributed by atoms with Gasteiger partial charge in [-0.25, -0.2) is 12.8 Å². The quantitative estimate of drug-likeness (QED) is 0.419. The van der Waals surface area contributed by atoms with E-state index < -0.39 is 16.1 Å². The summed E-state index contributed by atoms with van der Waals surface area (Å²) in [5.41, 5.74) is 2.80.